The van der Waals surface area contributed by atoms with Crippen LogP contribution in [0.5, 0.6) is 0 Å². The zero-order valence-corrected chi connectivity index (χ0v) is 19.4. The van der Waals surface area contributed by atoms with Crippen LogP contribution in [-0.4, -0.2) is 70.3 Å². The summed E-state index contributed by atoms with van der Waals surface area (Å²) in [5, 5.41) is 10.6. The summed E-state index contributed by atoms with van der Waals surface area (Å²) in [7, 11) is 1.54. The van der Waals surface area contributed by atoms with Crippen LogP contribution in [0.3, 0.4) is 0 Å². The van der Waals surface area contributed by atoms with Gasteiger partial charge in [0, 0.05) is 49.3 Å². The molecule has 1 aliphatic rings. The molecule has 0 bridgehead atoms. The number of anilines is 1. The monoisotopic (exact) mass is 464 g/mol. The van der Waals surface area contributed by atoms with Crippen LogP contribution in [0, 0.1) is 6.92 Å². The van der Waals surface area contributed by atoms with Gasteiger partial charge in [0.2, 0.25) is 11.9 Å². The van der Waals surface area contributed by atoms with Gasteiger partial charge in [0.1, 0.15) is 6.61 Å². The molecule has 2 aromatic carbocycles. The van der Waals surface area contributed by atoms with Crippen LogP contribution in [0.2, 0.25) is 5.02 Å². The molecule has 9 heteroatoms. The van der Waals surface area contributed by atoms with Gasteiger partial charge in [-0.3, -0.25) is 4.79 Å². The van der Waals surface area contributed by atoms with Crippen molar-refractivity contribution in [3.05, 3.63) is 53.1 Å². The number of hydrogen-bond acceptors (Lipinski definition) is 6. The first-order valence-electron chi connectivity index (χ1n) is 11.0. The number of aromatic nitrogens is 4. The quantitative estimate of drug-likeness (QED) is 0.459. The Balaban J connectivity index is 1.65. The fourth-order valence-electron chi connectivity index (χ4n) is 4.36. The molecule has 0 spiro atoms. The van der Waals surface area contributed by atoms with E-state index in [1.807, 2.05) is 39.6 Å². The number of carbonyl (C=O) groups is 1. The summed E-state index contributed by atoms with van der Waals surface area (Å²) in [6, 6.07) is 13.8. The summed E-state index contributed by atoms with van der Waals surface area (Å²) in [5.41, 5.74) is 3.63. The highest BCUT2D eigenvalue weighted by atomic mass is 35.5. The van der Waals surface area contributed by atoms with Gasteiger partial charge in [0.15, 0.2) is 11.5 Å². The molecule has 3 heterocycles. The second-order valence-electron chi connectivity index (χ2n) is 8.28. The molecule has 1 fully saturated rings. The number of benzene rings is 2. The van der Waals surface area contributed by atoms with E-state index in [0.29, 0.717) is 24.7 Å². The maximum atomic E-state index is 12.4. The Kier molecular flexibility index (Phi) is 5.86. The summed E-state index contributed by atoms with van der Waals surface area (Å²) < 4.78 is 7.07. The molecule has 5 rings (SSSR count). The number of methoxy groups -OCH3 is 1. The van der Waals surface area contributed by atoms with Gasteiger partial charge in [0.25, 0.3) is 0 Å². The molecule has 1 amide bonds. The summed E-state index contributed by atoms with van der Waals surface area (Å²) in [4.78, 5) is 21.4. The minimum absolute atomic E-state index is 0.00694. The van der Waals surface area contributed by atoms with Crippen molar-refractivity contribution in [2.24, 2.45) is 0 Å². The van der Waals surface area contributed by atoms with E-state index in [-0.39, 0.29) is 12.5 Å². The Labute approximate surface area is 196 Å². The van der Waals surface area contributed by atoms with E-state index in [4.69, 9.17) is 21.3 Å². The van der Waals surface area contributed by atoms with E-state index in [1.54, 1.807) is 7.11 Å². The molecule has 1 aliphatic heterocycles. The van der Waals surface area contributed by atoms with E-state index < -0.39 is 0 Å². The fraction of sp³-hybridized carbons (Fsp3) is 0.333. The number of fused-ring (bicyclic) bond motifs is 3. The molecule has 4 aromatic rings. The van der Waals surface area contributed by atoms with Crippen molar-refractivity contribution in [1.82, 2.24) is 24.5 Å². The van der Waals surface area contributed by atoms with Gasteiger partial charge in [-0.1, -0.05) is 35.4 Å². The summed E-state index contributed by atoms with van der Waals surface area (Å²) >= 11 is 6.28. The van der Waals surface area contributed by atoms with Crippen LogP contribution in [0.15, 0.2) is 42.5 Å². The first-order chi connectivity index (χ1) is 16.0. The van der Waals surface area contributed by atoms with Crippen LogP contribution < -0.4 is 4.90 Å². The van der Waals surface area contributed by atoms with Gasteiger partial charge in [-0.25, -0.2) is 9.38 Å². The zero-order chi connectivity index (χ0) is 22.9. The number of carbonyl (C=O) groups excluding carboxylic acids is 1. The average Bonchev–Trinajstić information content (AvgIpc) is 3.09. The topological polar surface area (TPSA) is 75.9 Å². The van der Waals surface area contributed by atoms with Crippen molar-refractivity contribution >= 4 is 40.0 Å². The molecule has 0 unspecified atom stereocenters. The van der Waals surface area contributed by atoms with Crippen molar-refractivity contribution < 1.29 is 9.53 Å². The molecule has 170 valence electrons. The van der Waals surface area contributed by atoms with E-state index in [1.165, 1.54) is 0 Å². The molecule has 33 heavy (non-hydrogen) atoms. The lowest BCUT2D eigenvalue weighted by atomic mass is 10.1. The molecule has 0 N–H and O–H groups in total. The smallest absolute Gasteiger partial charge is 0.248 e. The van der Waals surface area contributed by atoms with Crippen LogP contribution in [0.4, 0.5) is 5.95 Å². The largest absolute Gasteiger partial charge is 0.375 e. The highest BCUT2D eigenvalue weighted by Gasteiger charge is 2.24. The minimum Gasteiger partial charge on any atom is -0.375 e. The molecule has 1 saturated heterocycles. The first kappa shape index (κ1) is 21.6. The fourth-order valence-corrected chi connectivity index (χ4v) is 4.52. The Hall–Kier alpha value is -3.23. The van der Waals surface area contributed by atoms with Crippen LogP contribution in [0.25, 0.3) is 27.9 Å². The van der Waals surface area contributed by atoms with E-state index >= 15 is 0 Å². The second kappa shape index (κ2) is 8.96. The molecule has 8 nitrogen and oxygen atoms in total. The van der Waals surface area contributed by atoms with Crippen molar-refractivity contribution in [3.63, 3.8) is 0 Å². The average molecular weight is 465 g/mol. The Morgan fingerprint density at radius 3 is 2.79 bits per heavy atom. The van der Waals surface area contributed by atoms with Crippen molar-refractivity contribution in [2.75, 3.05) is 44.8 Å². The van der Waals surface area contributed by atoms with Crippen LogP contribution in [-0.2, 0) is 9.53 Å². The van der Waals surface area contributed by atoms with E-state index in [0.717, 1.165) is 52.4 Å². The summed E-state index contributed by atoms with van der Waals surface area (Å²) in [6.07, 6.45) is 0.827. The molecule has 0 atom stereocenters. The molecule has 0 radical (unpaired) electrons. The summed E-state index contributed by atoms with van der Waals surface area (Å²) in [6.45, 7) is 4.85. The third kappa shape index (κ3) is 4.12. The zero-order valence-electron chi connectivity index (χ0n) is 18.7. The lowest BCUT2D eigenvalue weighted by molar-refractivity contribution is -0.134. The second-order valence-corrected chi connectivity index (χ2v) is 8.72. The molecule has 0 saturated carbocycles. The lowest BCUT2D eigenvalue weighted by Gasteiger charge is -2.24. The standard InChI is InChI=1S/C24H25ClN6O2/c1-16-5-3-6-17(13-16)22-27-28-23-19-8-7-18(25)14-20(19)26-24(31(22)23)30-10-4-9-29(11-12-30)21(32)15-33-2/h3,5-8,13-14H,4,9-12,15H2,1-2H3. The number of rotatable bonds is 4. The summed E-state index contributed by atoms with van der Waals surface area (Å²) in [5.74, 6) is 1.50. The van der Waals surface area contributed by atoms with Gasteiger partial charge >= 0.3 is 0 Å². The van der Waals surface area contributed by atoms with Crippen LogP contribution in [0.1, 0.15) is 12.0 Å². The Bertz CT molecular complexity index is 1340. The highest BCUT2D eigenvalue weighted by molar-refractivity contribution is 6.31. The maximum absolute atomic E-state index is 12.4. The van der Waals surface area contributed by atoms with Gasteiger partial charge < -0.3 is 14.5 Å². The van der Waals surface area contributed by atoms with Gasteiger partial charge in [-0.15, -0.1) is 10.2 Å². The number of nitrogens with zero attached hydrogens (tertiary/aromatic N) is 6. The SMILES string of the molecule is COCC(=O)N1CCCN(c2nc3cc(Cl)ccc3c3nnc(-c4cccc(C)c4)n23)CC1. The Morgan fingerprint density at radius 2 is 1.97 bits per heavy atom. The molecular weight excluding hydrogens is 440 g/mol. The number of ether oxygens (including phenoxy) is 1. The number of amides is 1. The van der Waals surface area contributed by atoms with Gasteiger partial charge in [-0.05, 0) is 37.6 Å². The van der Waals surface area contributed by atoms with Gasteiger partial charge in [0.05, 0.1) is 5.52 Å². The predicted octanol–water partition coefficient (Wildman–Crippen LogP) is 3.59. The van der Waals surface area contributed by atoms with Crippen molar-refractivity contribution in [1.29, 1.82) is 0 Å². The lowest BCUT2D eigenvalue weighted by Crippen LogP contribution is -2.37. The predicted molar refractivity (Wildman–Crippen MR) is 129 cm³/mol. The normalized spacial score (nSPS) is 14.8. The van der Waals surface area contributed by atoms with E-state index in [2.05, 4.69) is 34.2 Å². The Morgan fingerprint density at radius 1 is 1.09 bits per heavy atom. The van der Waals surface area contributed by atoms with Crippen molar-refractivity contribution in [2.45, 2.75) is 13.3 Å². The number of hydrogen-bond donors (Lipinski definition) is 0. The molecule has 2 aromatic heterocycles. The third-order valence-corrected chi connectivity index (χ3v) is 6.19. The first-order valence-corrected chi connectivity index (χ1v) is 11.4. The van der Waals surface area contributed by atoms with Crippen molar-refractivity contribution in [3.8, 4) is 11.4 Å². The number of aryl methyl sites for hydroxylation is 1. The van der Waals surface area contributed by atoms with Gasteiger partial charge in [-0.2, -0.15) is 0 Å². The molecule has 0 aliphatic carbocycles. The van der Waals surface area contributed by atoms with E-state index in [9.17, 15) is 4.79 Å². The molecular formula is C24H25ClN6O2. The third-order valence-electron chi connectivity index (χ3n) is 5.96. The maximum Gasteiger partial charge on any atom is 0.248 e. The minimum atomic E-state index is 0.00694. The highest BCUT2D eigenvalue weighted by Crippen LogP contribution is 2.30. The number of halogens is 1. The van der Waals surface area contributed by atoms with Crippen LogP contribution >= 0.6 is 11.6 Å².